The summed E-state index contributed by atoms with van der Waals surface area (Å²) in [6, 6.07) is 0.559. The molecule has 2 aliphatic rings. The molecule has 0 saturated heterocycles. The van der Waals surface area contributed by atoms with Gasteiger partial charge in [-0.15, -0.1) is 0 Å². The average molecular weight is 267 g/mol. The van der Waals surface area contributed by atoms with Crippen molar-refractivity contribution < 1.29 is 4.74 Å². The molecule has 0 amide bonds. The Bertz CT molecular complexity index is 260. The highest BCUT2D eigenvalue weighted by Crippen LogP contribution is 2.37. The van der Waals surface area contributed by atoms with Crippen molar-refractivity contribution in [1.29, 1.82) is 0 Å². The second-order valence-corrected chi connectivity index (χ2v) is 7.30. The van der Waals surface area contributed by atoms with E-state index in [1.54, 1.807) is 0 Å². The van der Waals surface area contributed by atoms with Gasteiger partial charge >= 0.3 is 0 Å². The summed E-state index contributed by atoms with van der Waals surface area (Å²) >= 11 is 0. The summed E-state index contributed by atoms with van der Waals surface area (Å²) in [5.41, 5.74) is 0.129. The molecular weight excluding hydrogens is 234 g/mol. The van der Waals surface area contributed by atoms with Crippen molar-refractivity contribution >= 4 is 0 Å². The van der Waals surface area contributed by atoms with Gasteiger partial charge in [-0.25, -0.2) is 0 Å². The lowest BCUT2D eigenvalue weighted by Gasteiger charge is -2.43. The molecule has 0 heterocycles. The van der Waals surface area contributed by atoms with E-state index >= 15 is 0 Å². The molecule has 0 radical (unpaired) electrons. The largest absolute Gasteiger partial charge is 0.370 e. The topological polar surface area (TPSA) is 21.3 Å². The maximum atomic E-state index is 6.68. The molecular formula is C17H33NO. The highest BCUT2D eigenvalue weighted by Gasteiger charge is 2.38. The summed E-state index contributed by atoms with van der Waals surface area (Å²) in [6.45, 7) is 7.92. The highest BCUT2D eigenvalue weighted by molar-refractivity contribution is 4.91. The second-order valence-electron chi connectivity index (χ2n) is 7.30. The normalized spacial score (nSPS) is 33.8. The van der Waals surface area contributed by atoms with Crippen molar-refractivity contribution in [3.8, 4) is 0 Å². The maximum absolute atomic E-state index is 6.68. The van der Waals surface area contributed by atoms with E-state index in [-0.39, 0.29) is 5.60 Å². The van der Waals surface area contributed by atoms with Crippen molar-refractivity contribution in [2.24, 2.45) is 5.92 Å². The van der Waals surface area contributed by atoms with Crippen molar-refractivity contribution in [3.63, 3.8) is 0 Å². The molecule has 2 heteroatoms. The highest BCUT2D eigenvalue weighted by atomic mass is 16.5. The van der Waals surface area contributed by atoms with Gasteiger partial charge in [0.15, 0.2) is 0 Å². The molecule has 0 aromatic rings. The summed E-state index contributed by atoms with van der Waals surface area (Å²) in [4.78, 5) is 0. The predicted octanol–water partition coefficient (Wildman–Crippen LogP) is 4.28. The Hall–Kier alpha value is -0.0800. The monoisotopic (exact) mass is 267 g/mol. The molecule has 0 bridgehead atoms. The standard InChI is InChI=1S/C17H33NO/c1-14(2)18-13-17(11-7-8-15(3)12-17)19-16-9-5-4-6-10-16/h14-16,18H,4-13H2,1-3H3. The average Bonchev–Trinajstić information content (AvgIpc) is 2.38. The Morgan fingerprint density at radius 2 is 1.84 bits per heavy atom. The lowest BCUT2D eigenvalue weighted by atomic mass is 9.78. The first-order chi connectivity index (χ1) is 9.10. The summed E-state index contributed by atoms with van der Waals surface area (Å²) in [7, 11) is 0. The fraction of sp³-hybridized carbons (Fsp3) is 1.00. The van der Waals surface area contributed by atoms with Crippen LogP contribution < -0.4 is 5.32 Å². The van der Waals surface area contributed by atoms with Crippen molar-refractivity contribution in [1.82, 2.24) is 5.32 Å². The van der Waals surface area contributed by atoms with Gasteiger partial charge in [0.05, 0.1) is 11.7 Å². The van der Waals surface area contributed by atoms with Gasteiger partial charge in [0, 0.05) is 12.6 Å². The Balaban J connectivity index is 1.95. The van der Waals surface area contributed by atoms with Gasteiger partial charge in [0.2, 0.25) is 0 Å². The minimum absolute atomic E-state index is 0.129. The number of ether oxygens (including phenoxy) is 1. The van der Waals surface area contributed by atoms with Gasteiger partial charge in [-0.05, 0) is 31.6 Å². The van der Waals surface area contributed by atoms with Crippen LogP contribution in [0.15, 0.2) is 0 Å². The SMILES string of the molecule is CC1CCCC(CNC(C)C)(OC2CCCCC2)C1. The third-order valence-electron chi connectivity index (χ3n) is 4.85. The van der Waals surface area contributed by atoms with Gasteiger partial charge in [-0.3, -0.25) is 0 Å². The van der Waals surface area contributed by atoms with Crippen LogP contribution in [0.5, 0.6) is 0 Å². The van der Waals surface area contributed by atoms with Crippen LogP contribution in [0.25, 0.3) is 0 Å². The zero-order valence-corrected chi connectivity index (χ0v) is 13.2. The lowest BCUT2D eigenvalue weighted by Crippen LogP contribution is -2.50. The summed E-state index contributed by atoms with van der Waals surface area (Å²) in [6.07, 6.45) is 12.5. The van der Waals surface area contributed by atoms with E-state index in [9.17, 15) is 0 Å². The Labute approximate surface area is 119 Å². The Kier molecular flexibility index (Phi) is 5.70. The van der Waals surface area contributed by atoms with Crippen LogP contribution in [-0.2, 0) is 4.74 Å². The maximum Gasteiger partial charge on any atom is 0.0812 e. The first kappa shape index (κ1) is 15.3. The van der Waals surface area contributed by atoms with E-state index in [1.165, 1.54) is 57.8 Å². The van der Waals surface area contributed by atoms with E-state index in [1.807, 2.05) is 0 Å². The minimum atomic E-state index is 0.129. The number of hydrogen-bond donors (Lipinski definition) is 1. The minimum Gasteiger partial charge on any atom is -0.370 e. The first-order valence-corrected chi connectivity index (χ1v) is 8.51. The molecule has 2 saturated carbocycles. The van der Waals surface area contributed by atoms with Crippen LogP contribution >= 0.6 is 0 Å². The van der Waals surface area contributed by atoms with Crippen molar-refractivity contribution in [2.75, 3.05) is 6.54 Å². The van der Waals surface area contributed by atoms with E-state index in [0.717, 1.165) is 12.5 Å². The molecule has 2 rings (SSSR count). The summed E-state index contributed by atoms with van der Waals surface area (Å²) in [5, 5.41) is 3.64. The van der Waals surface area contributed by atoms with E-state index in [2.05, 4.69) is 26.1 Å². The Morgan fingerprint density at radius 3 is 2.47 bits per heavy atom. The molecule has 0 aromatic heterocycles. The third kappa shape index (κ3) is 4.75. The third-order valence-corrected chi connectivity index (χ3v) is 4.85. The fourth-order valence-electron chi connectivity index (χ4n) is 3.85. The predicted molar refractivity (Wildman–Crippen MR) is 81.5 cm³/mol. The zero-order chi connectivity index (χ0) is 13.7. The summed E-state index contributed by atoms with van der Waals surface area (Å²) in [5.74, 6) is 0.825. The van der Waals surface area contributed by atoms with Gasteiger partial charge in [0.25, 0.3) is 0 Å². The quantitative estimate of drug-likeness (QED) is 0.802. The van der Waals surface area contributed by atoms with Crippen LogP contribution in [0.1, 0.15) is 78.6 Å². The van der Waals surface area contributed by atoms with E-state index in [0.29, 0.717) is 12.1 Å². The van der Waals surface area contributed by atoms with Crippen LogP contribution in [0.4, 0.5) is 0 Å². The molecule has 0 spiro atoms. The van der Waals surface area contributed by atoms with Gasteiger partial charge in [-0.2, -0.15) is 0 Å². The molecule has 1 N–H and O–H groups in total. The molecule has 2 nitrogen and oxygen atoms in total. The second kappa shape index (κ2) is 7.08. The molecule has 2 fully saturated rings. The van der Waals surface area contributed by atoms with E-state index < -0.39 is 0 Å². The molecule has 0 aliphatic heterocycles. The fourth-order valence-corrected chi connectivity index (χ4v) is 3.85. The van der Waals surface area contributed by atoms with Crippen LogP contribution in [0.2, 0.25) is 0 Å². The number of nitrogens with one attached hydrogen (secondary N) is 1. The molecule has 112 valence electrons. The van der Waals surface area contributed by atoms with Gasteiger partial charge < -0.3 is 10.1 Å². The molecule has 2 unspecified atom stereocenters. The van der Waals surface area contributed by atoms with Gasteiger partial charge in [0.1, 0.15) is 0 Å². The first-order valence-electron chi connectivity index (χ1n) is 8.51. The van der Waals surface area contributed by atoms with Crippen LogP contribution in [0.3, 0.4) is 0 Å². The van der Waals surface area contributed by atoms with Gasteiger partial charge in [-0.1, -0.05) is 52.9 Å². The van der Waals surface area contributed by atoms with Crippen LogP contribution in [0, 0.1) is 5.92 Å². The number of hydrogen-bond acceptors (Lipinski definition) is 2. The Morgan fingerprint density at radius 1 is 1.11 bits per heavy atom. The smallest absolute Gasteiger partial charge is 0.0812 e. The number of rotatable bonds is 5. The van der Waals surface area contributed by atoms with Crippen molar-refractivity contribution in [2.45, 2.75) is 96.3 Å². The van der Waals surface area contributed by atoms with E-state index in [4.69, 9.17) is 4.74 Å². The summed E-state index contributed by atoms with van der Waals surface area (Å²) < 4.78 is 6.68. The lowest BCUT2D eigenvalue weighted by molar-refractivity contribution is -0.130. The zero-order valence-electron chi connectivity index (χ0n) is 13.2. The van der Waals surface area contributed by atoms with Crippen LogP contribution in [-0.4, -0.2) is 24.3 Å². The molecule has 2 atom stereocenters. The molecule has 2 aliphatic carbocycles. The molecule has 0 aromatic carbocycles. The van der Waals surface area contributed by atoms with Crippen molar-refractivity contribution in [3.05, 3.63) is 0 Å². The molecule has 19 heavy (non-hydrogen) atoms.